The van der Waals surface area contributed by atoms with Crippen molar-refractivity contribution in [1.82, 2.24) is 0 Å². The van der Waals surface area contributed by atoms with Crippen molar-refractivity contribution in [3.05, 3.63) is 59.7 Å². The number of benzene rings is 2. The van der Waals surface area contributed by atoms with Gasteiger partial charge in [-0.2, -0.15) is 0 Å². The fraction of sp³-hybridized carbons (Fsp3) is 0.133. The molecule has 0 amide bonds. The van der Waals surface area contributed by atoms with E-state index < -0.39 is 11.9 Å². The Morgan fingerprint density at radius 1 is 0.947 bits per heavy atom. The summed E-state index contributed by atoms with van der Waals surface area (Å²) in [5, 5.41) is 28.0. The summed E-state index contributed by atoms with van der Waals surface area (Å²) in [7, 11) is 0. The van der Waals surface area contributed by atoms with Gasteiger partial charge in [0.1, 0.15) is 11.5 Å². The van der Waals surface area contributed by atoms with E-state index >= 15 is 0 Å². The zero-order valence-electron chi connectivity index (χ0n) is 10.2. The van der Waals surface area contributed by atoms with Gasteiger partial charge in [0.05, 0.1) is 6.42 Å². The second-order valence-electron chi connectivity index (χ2n) is 4.34. The predicted molar refractivity (Wildman–Crippen MR) is 70.3 cm³/mol. The minimum atomic E-state index is -0.934. The van der Waals surface area contributed by atoms with E-state index in [4.69, 9.17) is 5.11 Å². The van der Waals surface area contributed by atoms with Crippen molar-refractivity contribution in [3.63, 3.8) is 0 Å². The van der Waals surface area contributed by atoms with E-state index in [-0.39, 0.29) is 17.9 Å². The van der Waals surface area contributed by atoms with E-state index in [2.05, 4.69) is 0 Å². The Bertz CT molecular complexity index is 547. The maximum absolute atomic E-state index is 11.0. The van der Waals surface area contributed by atoms with Gasteiger partial charge < -0.3 is 15.3 Å². The number of aromatic hydroxyl groups is 2. The van der Waals surface area contributed by atoms with Gasteiger partial charge in [-0.25, -0.2) is 0 Å². The number of hydrogen-bond donors (Lipinski definition) is 3. The minimum Gasteiger partial charge on any atom is -0.508 e. The van der Waals surface area contributed by atoms with Crippen LogP contribution in [0, 0.1) is 0 Å². The molecule has 0 atom stereocenters. The molecule has 0 fully saturated rings. The normalized spacial score (nSPS) is 10.6. The summed E-state index contributed by atoms with van der Waals surface area (Å²) in [6, 6.07) is 13.0. The van der Waals surface area contributed by atoms with Gasteiger partial charge in [-0.05, 0) is 35.4 Å². The van der Waals surface area contributed by atoms with Crippen LogP contribution >= 0.6 is 0 Å². The number of carbonyl (C=O) groups is 1. The molecule has 3 N–H and O–H groups in total. The molecule has 0 saturated heterocycles. The van der Waals surface area contributed by atoms with E-state index in [9.17, 15) is 15.0 Å². The molecule has 98 valence electrons. The first-order chi connectivity index (χ1) is 9.06. The molecule has 0 saturated carbocycles. The van der Waals surface area contributed by atoms with E-state index in [1.807, 2.05) is 0 Å². The molecule has 0 aromatic heterocycles. The van der Waals surface area contributed by atoms with Gasteiger partial charge in [-0.15, -0.1) is 0 Å². The summed E-state index contributed by atoms with van der Waals surface area (Å²) in [4.78, 5) is 11.0. The molecule has 4 heteroatoms. The smallest absolute Gasteiger partial charge is 0.304 e. The van der Waals surface area contributed by atoms with Gasteiger partial charge in [0.25, 0.3) is 0 Å². The first-order valence-corrected chi connectivity index (χ1v) is 5.86. The van der Waals surface area contributed by atoms with Crippen LogP contribution in [0.25, 0.3) is 0 Å². The molecule has 0 spiro atoms. The first-order valence-electron chi connectivity index (χ1n) is 5.86. The van der Waals surface area contributed by atoms with Gasteiger partial charge in [0.2, 0.25) is 0 Å². The minimum absolute atomic E-state index is 0.0908. The van der Waals surface area contributed by atoms with Crippen molar-refractivity contribution in [2.45, 2.75) is 12.3 Å². The Hall–Kier alpha value is -2.49. The van der Waals surface area contributed by atoms with Crippen molar-refractivity contribution in [1.29, 1.82) is 0 Å². The Labute approximate surface area is 110 Å². The molecule has 0 heterocycles. The average molecular weight is 258 g/mol. The van der Waals surface area contributed by atoms with Crippen molar-refractivity contribution >= 4 is 5.97 Å². The lowest BCUT2D eigenvalue weighted by atomic mass is 9.88. The number of rotatable bonds is 4. The second kappa shape index (κ2) is 5.44. The summed E-state index contributed by atoms with van der Waals surface area (Å²) < 4.78 is 0. The van der Waals surface area contributed by atoms with Gasteiger partial charge in [0, 0.05) is 5.92 Å². The van der Waals surface area contributed by atoms with E-state index in [1.54, 1.807) is 24.3 Å². The second-order valence-corrected chi connectivity index (χ2v) is 4.34. The van der Waals surface area contributed by atoms with Crippen molar-refractivity contribution in [2.24, 2.45) is 0 Å². The molecule has 4 nitrogen and oxygen atoms in total. The van der Waals surface area contributed by atoms with Gasteiger partial charge in [-0.1, -0.05) is 24.3 Å². The fourth-order valence-electron chi connectivity index (χ4n) is 2.09. The number of phenolic OH excluding ortho intramolecular Hbond substituents is 2. The molecule has 2 aromatic carbocycles. The number of hydrogen-bond acceptors (Lipinski definition) is 3. The maximum Gasteiger partial charge on any atom is 0.304 e. The Morgan fingerprint density at radius 3 is 1.79 bits per heavy atom. The lowest BCUT2D eigenvalue weighted by Gasteiger charge is -2.16. The molecular weight excluding hydrogens is 244 g/mol. The topological polar surface area (TPSA) is 77.8 Å². The maximum atomic E-state index is 11.0. The van der Waals surface area contributed by atoms with Crippen LogP contribution < -0.4 is 0 Å². The summed E-state index contributed by atoms with van der Waals surface area (Å²) in [5.74, 6) is -1.16. The number of phenols is 2. The Kier molecular flexibility index (Phi) is 3.71. The van der Waals surface area contributed by atoms with Crippen LogP contribution in [-0.2, 0) is 4.79 Å². The molecule has 19 heavy (non-hydrogen) atoms. The standard InChI is InChI=1S/C15H14O4/c16-12-5-1-3-10(7-12)14(9-15(18)19)11-4-2-6-13(17)8-11/h1-8,14,16-17H,9H2,(H,18,19). The van der Waals surface area contributed by atoms with Crippen LogP contribution in [0.3, 0.4) is 0 Å². The molecule has 0 radical (unpaired) electrons. The number of carboxylic acid groups (broad SMARTS) is 1. The molecule has 0 aliphatic rings. The summed E-state index contributed by atoms with van der Waals surface area (Å²) in [6.45, 7) is 0. The summed E-state index contributed by atoms with van der Waals surface area (Å²) in [6.07, 6.45) is -0.104. The highest BCUT2D eigenvalue weighted by Crippen LogP contribution is 2.31. The third-order valence-electron chi connectivity index (χ3n) is 2.92. The number of carboxylic acids is 1. The summed E-state index contributed by atoms with van der Waals surface area (Å²) >= 11 is 0. The number of aliphatic carboxylic acids is 1. The van der Waals surface area contributed by atoms with Crippen LogP contribution in [0.15, 0.2) is 48.5 Å². The Morgan fingerprint density at radius 2 is 1.42 bits per heavy atom. The highest BCUT2D eigenvalue weighted by Gasteiger charge is 2.18. The van der Waals surface area contributed by atoms with Crippen molar-refractivity contribution < 1.29 is 20.1 Å². The molecule has 0 unspecified atom stereocenters. The zero-order chi connectivity index (χ0) is 13.8. The first kappa shape index (κ1) is 13.0. The highest BCUT2D eigenvalue weighted by atomic mass is 16.4. The fourth-order valence-corrected chi connectivity index (χ4v) is 2.09. The monoisotopic (exact) mass is 258 g/mol. The molecule has 2 rings (SSSR count). The van der Waals surface area contributed by atoms with Crippen LogP contribution in [0.4, 0.5) is 0 Å². The molecule has 0 bridgehead atoms. The van der Waals surface area contributed by atoms with E-state index in [0.717, 1.165) is 0 Å². The molecule has 0 aliphatic carbocycles. The Balaban J connectivity index is 2.44. The lowest BCUT2D eigenvalue weighted by Crippen LogP contribution is -2.07. The van der Waals surface area contributed by atoms with Crippen molar-refractivity contribution in [3.8, 4) is 11.5 Å². The van der Waals surface area contributed by atoms with E-state index in [0.29, 0.717) is 11.1 Å². The third kappa shape index (κ3) is 3.25. The highest BCUT2D eigenvalue weighted by molar-refractivity contribution is 5.69. The van der Waals surface area contributed by atoms with Crippen molar-refractivity contribution in [2.75, 3.05) is 0 Å². The van der Waals surface area contributed by atoms with Crippen LogP contribution in [0.5, 0.6) is 11.5 Å². The van der Waals surface area contributed by atoms with Crippen LogP contribution in [-0.4, -0.2) is 21.3 Å². The zero-order valence-corrected chi connectivity index (χ0v) is 10.2. The summed E-state index contributed by atoms with van der Waals surface area (Å²) in [5.41, 5.74) is 1.40. The van der Waals surface area contributed by atoms with Gasteiger partial charge >= 0.3 is 5.97 Å². The van der Waals surface area contributed by atoms with E-state index in [1.165, 1.54) is 24.3 Å². The molecular formula is C15H14O4. The van der Waals surface area contributed by atoms with Crippen LogP contribution in [0.1, 0.15) is 23.5 Å². The SMILES string of the molecule is O=C(O)CC(c1cccc(O)c1)c1cccc(O)c1. The third-order valence-corrected chi connectivity index (χ3v) is 2.92. The molecule has 2 aromatic rings. The van der Waals surface area contributed by atoms with Gasteiger partial charge in [0.15, 0.2) is 0 Å². The predicted octanol–water partition coefficient (Wildman–Crippen LogP) is 2.70. The largest absolute Gasteiger partial charge is 0.508 e. The lowest BCUT2D eigenvalue weighted by molar-refractivity contribution is -0.137. The average Bonchev–Trinajstić information content (AvgIpc) is 2.35. The van der Waals surface area contributed by atoms with Crippen LogP contribution in [0.2, 0.25) is 0 Å². The molecule has 0 aliphatic heterocycles. The quantitative estimate of drug-likeness (QED) is 0.788. The van der Waals surface area contributed by atoms with Gasteiger partial charge in [-0.3, -0.25) is 4.79 Å².